The minimum atomic E-state index is -0.321. The van der Waals surface area contributed by atoms with Crippen molar-refractivity contribution < 1.29 is 4.39 Å². The molecule has 1 fully saturated rings. The van der Waals surface area contributed by atoms with Crippen LogP contribution in [-0.4, -0.2) is 39.4 Å². The Morgan fingerprint density at radius 3 is 2.46 bits per heavy atom. The first-order chi connectivity index (χ1) is 11.5. The number of likely N-dealkylation sites (tertiary alicyclic amines) is 1. The number of piperidine rings is 1. The quantitative estimate of drug-likeness (QED) is 0.869. The smallest absolute Gasteiger partial charge is 0.306 e. The number of hydrogen-bond donors (Lipinski definition) is 0. The second-order valence-electron chi connectivity index (χ2n) is 6.37. The second kappa shape index (κ2) is 6.73. The van der Waals surface area contributed by atoms with E-state index in [2.05, 4.69) is 17.0 Å². The van der Waals surface area contributed by atoms with Gasteiger partial charge in [0.15, 0.2) is 5.82 Å². The number of hydrogen-bond acceptors (Lipinski definition) is 3. The minimum absolute atomic E-state index is 0.110. The molecule has 0 amide bonds. The molecule has 0 spiro atoms. The van der Waals surface area contributed by atoms with Crippen LogP contribution in [0.3, 0.4) is 0 Å². The molecule has 0 radical (unpaired) electrons. The summed E-state index contributed by atoms with van der Waals surface area (Å²) in [6.45, 7) is 5.76. The fraction of sp³-hybridized carbons (Fsp3) is 0.444. The van der Waals surface area contributed by atoms with E-state index < -0.39 is 0 Å². The third-order valence-corrected chi connectivity index (χ3v) is 4.71. The molecule has 1 aliphatic rings. The van der Waals surface area contributed by atoms with Crippen LogP contribution in [0.1, 0.15) is 38.6 Å². The van der Waals surface area contributed by atoms with E-state index in [4.69, 9.17) is 0 Å². The van der Waals surface area contributed by atoms with Crippen LogP contribution >= 0.6 is 0 Å². The van der Waals surface area contributed by atoms with Crippen molar-refractivity contribution in [2.75, 3.05) is 20.1 Å². The molecule has 1 aliphatic heterocycles. The molecule has 6 heteroatoms. The van der Waals surface area contributed by atoms with Crippen molar-refractivity contribution in [3.63, 3.8) is 0 Å². The highest BCUT2D eigenvalue weighted by Gasteiger charge is 2.24. The van der Waals surface area contributed by atoms with E-state index in [1.54, 1.807) is 21.4 Å². The van der Waals surface area contributed by atoms with E-state index in [0.717, 1.165) is 31.5 Å². The standard InChI is InChI=1S/C18H23FN4O/c1-4-13(2)17-20-23(16-9-11-21(3)12-10-16)18(24)22(17)15-7-5-14(19)6-8-15/h4-8,16H,9-12H2,1-3H3/b13-4+. The first-order valence-corrected chi connectivity index (χ1v) is 8.30. The zero-order valence-electron chi connectivity index (χ0n) is 14.4. The first kappa shape index (κ1) is 16.6. The Labute approximate surface area is 141 Å². The molecule has 0 unspecified atom stereocenters. The van der Waals surface area contributed by atoms with Crippen molar-refractivity contribution in [3.8, 4) is 5.69 Å². The highest BCUT2D eigenvalue weighted by molar-refractivity contribution is 5.59. The zero-order chi connectivity index (χ0) is 17.3. The summed E-state index contributed by atoms with van der Waals surface area (Å²) in [6.07, 6.45) is 3.75. The molecule has 1 saturated heterocycles. The molecular formula is C18H23FN4O. The fourth-order valence-electron chi connectivity index (χ4n) is 3.07. The third kappa shape index (κ3) is 3.06. The highest BCUT2D eigenvalue weighted by Crippen LogP contribution is 2.22. The van der Waals surface area contributed by atoms with E-state index in [9.17, 15) is 9.18 Å². The van der Waals surface area contributed by atoms with Gasteiger partial charge in [-0.3, -0.25) is 0 Å². The van der Waals surface area contributed by atoms with Crippen LogP contribution < -0.4 is 5.69 Å². The summed E-state index contributed by atoms with van der Waals surface area (Å²) in [5, 5.41) is 4.61. The van der Waals surface area contributed by atoms with E-state index in [0.29, 0.717) is 11.5 Å². The van der Waals surface area contributed by atoms with Gasteiger partial charge in [0.1, 0.15) is 5.82 Å². The van der Waals surface area contributed by atoms with E-state index in [-0.39, 0.29) is 17.5 Å². The van der Waals surface area contributed by atoms with E-state index in [1.165, 1.54) is 12.1 Å². The maximum Gasteiger partial charge on any atom is 0.351 e. The summed E-state index contributed by atoms with van der Waals surface area (Å²) in [5.41, 5.74) is 1.40. The minimum Gasteiger partial charge on any atom is -0.306 e. The average Bonchev–Trinajstić information content (AvgIpc) is 2.93. The molecule has 1 aromatic heterocycles. The van der Waals surface area contributed by atoms with Gasteiger partial charge < -0.3 is 4.90 Å². The van der Waals surface area contributed by atoms with Crippen LogP contribution in [0.15, 0.2) is 35.1 Å². The first-order valence-electron chi connectivity index (χ1n) is 8.30. The third-order valence-electron chi connectivity index (χ3n) is 4.71. The van der Waals surface area contributed by atoms with Crippen LogP contribution in [0.25, 0.3) is 11.3 Å². The average molecular weight is 330 g/mol. The van der Waals surface area contributed by atoms with Gasteiger partial charge in [0.25, 0.3) is 0 Å². The van der Waals surface area contributed by atoms with Crippen LogP contribution in [0, 0.1) is 5.82 Å². The van der Waals surface area contributed by atoms with Crippen LogP contribution in [0.2, 0.25) is 0 Å². The monoisotopic (exact) mass is 330 g/mol. The van der Waals surface area contributed by atoms with Gasteiger partial charge in [0, 0.05) is 0 Å². The van der Waals surface area contributed by atoms with Crippen LogP contribution in [-0.2, 0) is 0 Å². The summed E-state index contributed by atoms with van der Waals surface area (Å²) < 4.78 is 16.4. The lowest BCUT2D eigenvalue weighted by Crippen LogP contribution is -2.36. The molecule has 1 aromatic carbocycles. The Kier molecular flexibility index (Phi) is 4.66. The topological polar surface area (TPSA) is 43.1 Å². The number of rotatable bonds is 3. The molecule has 5 nitrogen and oxygen atoms in total. The molecule has 0 saturated carbocycles. The Balaban J connectivity index is 2.10. The van der Waals surface area contributed by atoms with Crippen molar-refractivity contribution >= 4 is 5.57 Å². The maximum atomic E-state index is 13.2. The van der Waals surface area contributed by atoms with Crippen molar-refractivity contribution in [1.29, 1.82) is 0 Å². The lowest BCUT2D eigenvalue weighted by Gasteiger charge is -2.28. The molecule has 0 aliphatic carbocycles. The van der Waals surface area contributed by atoms with Gasteiger partial charge in [-0.2, -0.15) is 0 Å². The molecule has 0 atom stereocenters. The van der Waals surface area contributed by atoms with Crippen LogP contribution in [0.4, 0.5) is 4.39 Å². The van der Waals surface area contributed by atoms with Gasteiger partial charge >= 0.3 is 5.69 Å². The molecular weight excluding hydrogens is 307 g/mol. The summed E-state index contributed by atoms with van der Waals surface area (Å²) >= 11 is 0. The van der Waals surface area contributed by atoms with Gasteiger partial charge in [0.2, 0.25) is 0 Å². The number of halogens is 1. The highest BCUT2D eigenvalue weighted by atomic mass is 19.1. The number of benzene rings is 1. The number of aromatic nitrogens is 3. The Morgan fingerprint density at radius 1 is 1.25 bits per heavy atom. The summed E-state index contributed by atoms with van der Waals surface area (Å²) in [5.74, 6) is 0.298. The van der Waals surface area contributed by atoms with E-state index in [1.807, 2.05) is 19.9 Å². The Bertz CT molecular complexity index is 795. The lowest BCUT2D eigenvalue weighted by molar-refractivity contribution is 0.209. The fourth-order valence-corrected chi connectivity index (χ4v) is 3.07. The Morgan fingerprint density at radius 2 is 1.88 bits per heavy atom. The van der Waals surface area contributed by atoms with Gasteiger partial charge in [-0.15, -0.1) is 5.10 Å². The van der Waals surface area contributed by atoms with Crippen molar-refractivity contribution in [3.05, 3.63) is 52.5 Å². The predicted molar refractivity (Wildman–Crippen MR) is 92.9 cm³/mol. The largest absolute Gasteiger partial charge is 0.351 e. The molecule has 128 valence electrons. The summed E-state index contributed by atoms with van der Waals surface area (Å²) in [6, 6.07) is 6.07. The molecule has 24 heavy (non-hydrogen) atoms. The molecule has 0 bridgehead atoms. The molecule has 2 aromatic rings. The van der Waals surface area contributed by atoms with Gasteiger partial charge in [-0.25, -0.2) is 18.4 Å². The normalized spacial score (nSPS) is 17.4. The number of nitrogens with zero attached hydrogens (tertiary/aromatic N) is 4. The van der Waals surface area contributed by atoms with Crippen molar-refractivity contribution in [1.82, 2.24) is 19.2 Å². The molecule has 0 N–H and O–H groups in total. The van der Waals surface area contributed by atoms with Gasteiger partial charge in [-0.1, -0.05) is 6.08 Å². The maximum absolute atomic E-state index is 13.2. The summed E-state index contributed by atoms with van der Waals surface area (Å²) in [4.78, 5) is 15.3. The van der Waals surface area contributed by atoms with Gasteiger partial charge in [-0.05, 0) is 76.7 Å². The Hall–Kier alpha value is -2.21. The molecule has 3 rings (SSSR count). The zero-order valence-corrected chi connectivity index (χ0v) is 14.4. The molecule has 2 heterocycles. The van der Waals surface area contributed by atoms with Crippen molar-refractivity contribution in [2.45, 2.75) is 32.7 Å². The number of allylic oxidation sites excluding steroid dienone is 2. The lowest BCUT2D eigenvalue weighted by atomic mass is 10.1. The van der Waals surface area contributed by atoms with Gasteiger partial charge in [0.05, 0.1) is 11.7 Å². The SMILES string of the molecule is C/C=C(\C)c1nn(C2CCN(C)CC2)c(=O)n1-c1ccc(F)cc1. The van der Waals surface area contributed by atoms with Crippen LogP contribution in [0.5, 0.6) is 0 Å². The second-order valence-corrected chi connectivity index (χ2v) is 6.37. The predicted octanol–water partition coefficient (Wildman–Crippen LogP) is 2.86. The van der Waals surface area contributed by atoms with Crippen molar-refractivity contribution in [2.24, 2.45) is 0 Å². The summed E-state index contributed by atoms with van der Waals surface area (Å²) in [7, 11) is 2.09. The van der Waals surface area contributed by atoms with E-state index >= 15 is 0 Å².